The lowest BCUT2D eigenvalue weighted by Gasteiger charge is -2.19. The van der Waals surface area contributed by atoms with E-state index in [-0.39, 0.29) is 6.04 Å². The molecule has 0 radical (unpaired) electrons. The van der Waals surface area contributed by atoms with Gasteiger partial charge in [0.2, 0.25) is 0 Å². The molecule has 1 unspecified atom stereocenters. The van der Waals surface area contributed by atoms with E-state index in [4.69, 9.17) is 0 Å². The highest BCUT2D eigenvalue weighted by Gasteiger charge is 2.31. The minimum absolute atomic E-state index is 0.313. The molecule has 114 valence electrons. The number of nitrogens with one attached hydrogen (secondary N) is 1. The summed E-state index contributed by atoms with van der Waals surface area (Å²) in [6, 6.07) is 5.09. The highest BCUT2D eigenvalue weighted by Crippen LogP contribution is 2.33. The van der Waals surface area contributed by atoms with Crippen LogP contribution in [0.2, 0.25) is 0 Å². The van der Waals surface area contributed by atoms with Gasteiger partial charge in [-0.3, -0.25) is 0 Å². The van der Waals surface area contributed by atoms with E-state index in [1.165, 1.54) is 23.7 Å². The largest absolute Gasteiger partial charge is 0.416 e. The summed E-state index contributed by atoms with van der Waals surface area (Å²) in [5.74, 6) is 0. The van der Waals surface area contributed by atoms with Gasteiger partial charge in [0.1, 0.15) is 0 Å². The molecule has 0 amide bonds. The topological polar surface area (TPSA) is 37.8 Å². The van der Waals surface area contributed by atoms with E-state index in [1.54, 1.807) is 6.07 Å². The van der Waals surface area contributed by atoms with Crippen LogP contribution < -0.4 is 5.32 Å². The van der Waals surface area contributed by atoms with Crippen LogP contribution in [0, 0.1) is 0 Å². The fraction of sp³-hybridized carbons (Fsp3) is 0.429. The van der Waals surface area contributed by atoms with Gasteiger partial charge in [0.25, 0.3) is 0 Å². The van der Waals surface area contributed by atoms with Crippen molar-refractivity contribution < 1.29 is 13.2 Å². The van der Waals surface area contributed by atoms with E-state index in [9.17, 15) is 13.2 Å². The summed E-state index contributed by atoms with van der Waals surface area (Å²) in [5.41, 5.74) is 0.759. The number of alkyl halides is 3. The first kappa shape index (κ1) is 15.9. The highest BCUT2D eigenvalue weighted by atomic mass is 32.1. The second-order valence-corrected chi connectivity index (χ2v) is 5.34. The van der Waals surface area contributed by atoms with Crippen molar-refractivity contribution in [3.05, 3.63) is 46.0 Å². The minimum Gasteiger partial charge on any atom is -0.306 e. The van der Waals surface area contributed by atoms with Crippen LogP contribution in [0.5, 0.6) is 0 Å². The molecule has 2 aromatic rings. The summed E-state index contributed by atoms with van der Waals surface area (Å²) in [6.07, 6.45) is -3.64. The molecule has 0 spiro atoms. The van der Waals surface area contributed by atoms with E-state index < -0.39 is 11.7 Å². The fourth-order valence-electron chi connectivity index (χ4n) is 2.14. The van der Waals surface area contributed by atoms with Gasteiger partial charge in [-0.05, 0) is 42.2 Å². The molecule has 0 bridgehead atoms. The number of benzene rings is 1. The molecule has 7 heteroatoms. The molecule has 0 aliphatic heterocycles. The van der Waals surface area contributed by atoms with Crippen LogP contribution in [0.25, 0.3) is 0 Å². The molecule has 3 nitrogen and oxygen atoms in total. The van der Waals surface area contributed by atoms with Crippen LogP contribution in [0.15, 0.2) is 24.3 Å². The Kier molecular flexibility index (Phi) is 4.95. The fourth-order valence-corrected chi connectivity index (χ4v) is 2.98. The molecule has 1 atom stereocenters. The van der Waals surface area contributed by atoms with Gasteiger partial charge in [0.05, 0.1) is 22.2 Å². The lowest BCUT2D eigenvalue weighted by molar-refractivity contribution is -0.137. The van der Waals surface area contributed by atoms with Crippen LogP contribution >= 0.6 is 11.5 Å². The standard InChI is InChI=1S/C14H16F3N3S/c1-3-11-13(21-20-19-11)12(18-4-2)9-6-5-7-10(8-9)14(15,16)17/h5-8,12,18H,3-4H2,1-2H3. The Hall–Kier alpha value is -1.47. The summed E-state index contributed by atoms with van der Waals surface area (Å²) in [4.78, 5) is 0.874. The number of aryl methyl sites for hydroxylation is 1. The molecular weight excluding hydrogens is 299 g/mol. The molecule has 0 aliphatic carbocycles. The number of halogens is 3. The van der Waals surface area contributed by atoms with E-state index in [2.05, 4.69) is 14.9 Å². The summed E-state index contributed by atoms with van der Waals surface area (Å²) in [5, 5.41) is 7.26. The third kappa shape index (κ3) is 3.59. The molecule has 2 rings (SSSR count). The zero-order chi connectivity index (χ0) is 15.5. The van der Waals surface area contributed by atoms with Crippen molar-refractivity contribution in [3.8, 4) is 0 Å². The van der Waals surface area contributed by atoms with Crippen LogP contribution in [0.1, 0.15) is 41.6 Å². The van der Waals surface area contributed by atoms with E-state index in [0.29, 0.717) is 18.5 Å². The third-order valence-electron chi connectivity index (χ3n) is 3.14. The van der Waals surface area contributed by atoms with Gasteiger partial charge < -0.3 is 5.32 Å². The Balaban J connectivity index is 2.44. The van der Waals surface area contributed by atoms with Gasteiger partial charge in [-0.2, -0.15) is 13.2 Å². The Morgan fingerprint density at radius 1 is 1.29 bits per heavy atom. The lowest BCUT2D eigenvalue weighted by atomic mass is 10.0. The molecule has 1 aromatic carbocycles. The average molecular weight is 315 g/mol. The van der Waals surface area contributed by atoms with Crippen molar-refractivity contribution in [2.45, 2.75) is 32.5 Å². The van der Waals surface area contributed by atoms with Crippen molar-refractivity contribution in [1.29, 1.82) is 0 Å². The summed E-state index contributed by atoms with van der Waals surface area (Å²) < 4.78 is 42.5. The Labute approximate surface area is 125 Å². The van der Waals surface area contributed by atoms with Crippen molar-refractivity contribution in [1.82, 2.24) is 14.9 Å². The van der Waals surface area contributed by atoms with Gasteiger partial charge in [-0.15, -0.1) is 5.10 Å². The normalized spacial score (nSPS) is 13.4. The zero-order valence-corrected chi connectivity index (χ0v) is 12.6. The molecule has 0 saturated carbocycles. The van der Waals surface area contributed by atoms with Crippen LogP contribution in [0.4, 0.5) is 13.2 Å². The smallest absolute Gasteiger partial charge is 0.306 e. The first-order chi connectivity index (χ1) is 9.97. The number of nitrogens with zero attached hydrogens (tertiary/aromatic N) is 2. The number of rotatable bonds is 5. The lowest BCUT2D eigenvalue weighted by Crippen LogP contribution is -2.22. The average Bonchev–Trinajstić information content (AvgIpc) is 2.92. The maximum Gasteiger partial charge on any atom is 0.416 e. The molecule has 1 N–H and O–H groups in total. The van der Waals surface area contributed by atoms with E-state index in [0.717, 1.165) is 16.6 Å². The van der Waals surface area contributed by atoms with Crippen molar-refractivity contribution >= 4 is 11.5 Å². The minimum atomic E-state index is -4.34. The number of aromatic nitrogens is 2. The van der Waals surface area contributed by atoms with Crippen molar-refractivity contribution in [2.75, 3.05) is 6.54 Å². The van der Waals surface area contributed by atoms with Gasteiger partial charge in [-0.1, -0.05) is 30.5 Å². The van der Waals surface area contributed by atoms with E-state index >= 15 is 0 Å². The van der Waals surface area contributed by atoms with Gasteiger partial charge >= 0.3 is 6.18 Å². The molecule has 0 aliphatic rings. The first-order valence-electron chi connectivity index (χ1n) is 6.69. The summed E-state index contributed by atoms with van der Waals surface area (Å²) >= 11 is 1.23. The number of hydrogen-bond acceptors (Lipinski definition) is 4. The Bertz CT molecular complexity index is 595. The molecule has 0 saturated heterocycles. The first-order valence-corrected chi connectivity index (χ1v) is 7.46. The predicted octanol–water partition coefficient (Wildman–Crippen LogP) is 3.82. The highest BCUT2D eigenvalue weighted by molar-refractivity contribution is 7.05. The molecule has 1 heterocycles. The van der Waals surface area contributed by atoms with Gasteiger partial charge in [-0.25, -0.2) is 0 Å². The molecule has 21 heavy (non-hydrogen) atoms. The number of hydrogen-bond donors (Lipinski definition) is 1. The van der Waals surface area contributed by atoms with Crippen molar-refractivity contribution in [2.24, 2.45) is 0 Å². The van der Waals surface area contributed by atoms with Crippen LogP contribution in [-0.2, 0) is 12.6 Å². The maximum atomic E-state index is 12.9. The van der Waals surface area contributed by atoms with Crippen LogP contribution in [0.3, 0.4) is 0 Å². The summed E-state index contributed by atoms with van der Waals surface area (Å²) in [6.45, 7) is 4.51. The maximum absolute atomic E-state index is 12.9. The molecule has 1 aromatic heterocycles. The monoisotopic (exact) mass is 315 g/mol. The van der Waals surface area contributed by atoms with Crippen LogP contribution in [-0.4, -0.2) is 16.1 Å². The summed E-state index contributed by atoms with van der Waals surface area (Å²) in [7, 11) is 0. The van der Waals surface area contributed by atoms with E-state index in [1.807, 2.05) is 13.8 Å². The predicted molar refractivity (Wildman–Crippen MR) is 76.3 cm³/mol. The third-order valence-corrected chi connectivity index (χ3v) is 3.97. The molecule has 0 fully saturated rings. The Morgan fingerprint density at radius 2 is 2.05 bits per heavy atom. The van der Waals surface area contributed by atoms with Gasteiger partial charge in [0.15, 0.2) is 0 Å². The van der Waals surface area contributed by atoms with Crippen molar-refractivity contribution in [3.63, 3.8) is 0 Å². The second-order valence-electron chi connectivity index (χ2n) is 4.55. The molecular formula is C14H16F3N3S. The zero-order valence-electron chi connectivity index (χ0n) is 11.7. The quantitative estimate of drug-likeness (QED) is 0.911. The Morgan fingerprint density at radius 3 is 2.67 bits per heavy atom. The SMILES string of the molecule is CCNC(c1cccc(C(F)(F)F)c1)c1snnc1CC. The van der Waals surface area contributed by atoms with Gasteiger partial charge in [0, 0.05) is 0 Å². The second kappa shape index (κ2) is 6.53.